The van der Waals surface area contributed by atoms with E-state index in [4.69, 9.17) is 21.7 Å². The van der Waals surface area contributed by atoms with E-state index in [2.05, 4.69) is 32.3 Å². The van der Waals surface area contributed by atoms with Crippen molar-refractivity contribution in [1.29, 1.82) is 0 Å². The largest absolute Gasteiger partial charge is 0.489 e. The summed E-state index contributed by atoms with van der Waals surface area (Å²) in [6.45, 7) is 0.154. The molecule has 1 atom stereocenters. The van der Waals surface area contributed by atoms with Crippen molar-refractivity contribution in [2.24, 2.45) is 0 Å². The van der Waals surface area contributed by atoms with E-state index in [9.17, 15) is 9.59 Å². The van der Waals surface area contributed by atoms with Crippen molar-refractivity contribution in [3.63, 3.8) is 0 Å². The predicted octanol–water partition coefficient (Wildman–Crippen LogP) is 3.54. The molecule has 2 heterocycles. The summed E-state index contributed by atoms with van der Waals surface area (Å²) >= 11 is 5.71. The second kappa shape index (κ2) is 11.8. The Morgan fingerprint density at radius 2 is 1.82 bits per heavy atom. The fourth-order valence-electron chi connectivity index (χ4n) is 4.12. The minimum Gasteiger partial charge on any atom is -0.489 e. The number of nitrogens with one attached hydrogen (secondary N) is 2. The van der Waals surface area contributed by atoms with E-state index in [1.807, 2.05) is 55.6 Å². The van der Waals surface area contributed by atoms with Crippen molar-refractivity contribution in [2.75, 3.05) is 25.7 Å². The van der Waals surface area contributed by atoms with Crippen LogP contribution >= 0.6 is 12.2 Å². The Morgan fingerprint density at radius 1 is 1.10 bits per heavy atom. The zero-order valence-corrected chi connectivity index (χ0v) is 22.6. The van der Waals surface area contributed by atoms with Gasteiger partial charge in [-0.15, -0.1) is 5.10 Å². The Balaban J connectivity index is 1.26. The number of methoxy groups -OCH3 is 1. The summed E-state index contributed by atoms with van der Waals surface area (Å²) < 4.78 is 10.7. The van der Waals surface area contributed by atoms with Crippen LogP contribution < -0.4 is 15.0 Å². The third kappa shape index (κ3) is 6.00. The third-order valence-electron chi connectivity index (χ3n) is 6.27. The Morgan fingerprint density at radius 3 is 2.58 bits per heavy atom. The lowest BCUT2D eigenvalue weighted by Crippen LogP contribution is -2.48. The molecule has 0 bridgehead atoms. The Hall–Kier alpha value is -5.01. The van der Waals surface area contributed by atoms with Gasteiger partial charge >= 0.3 is 5.97 Å². The number of likely N-dealkylation sites (N-methyl/N-ethyl adjacent to an activating group) is 1. The summed E-state index contributed by atoms with van der Waals surface area (Å²) in [5.41, 5.74) is 3.76. The van der Waals surface area contributed by atoms with Gasteiger partial charge in [-0.2, -0.15) is 0 Å². The molecule has 3 aromatic carbocycles. The molecule has 0 spiro atoms. The van der Waals surface area contributed by atoms with Crippen LogP contribution in [-0.2, 0) is 11.2 Å². The molecule has 0 fully saturated rings. The molecule has 1 amide bonds. The highest BCUT2D eigenvalue weighted by molar-refractivity contribution is 7.80. The summed E-state index contributed by atoms with van der Waals surface area (Å²) in [7, 11) is 3.17. The number of thiocarbonyl (C=S) groups is 1. The Labute approximate surface area is 236 Å². The normalized spacial score (nSPS) is 14.2. The molecule has 0 saturated heterocycles. The number of amides is 1. The van der Waals surface area contributed by atoms with Crippen LogP contribution in [0.2, 0.25) is 0 Å². The number of H-pyrrole nitrogens is 1. The van der Waals surface area contributed by atoms with Gasteiger partial charge in [-0.3, -0.25) is 9.89 Å². The average molecular weight is 552 g/mol. The summed E-state index contributed by atoms with van der Waals surface area (Å²) in [6.07, 6.45) is 0.536. The molecule has 1 aliphatic heterocycles. The van der Waals surface area contributed by atoms with Crippen LogP contribution in [0.4, 0.5) is 5.69 Å². The molecule has 0 unspecified atom stereocenters. The first-order valence-corrected chi connectivity index (χ1v) is 12.8. The van der Waals surface area contributed by atoms with Crippen molar-refractivity contribution >= 4 is 34.8 Å². The highest BCUT2D eigenvalue weighted by Gasteiger charge is 2.29. The molecule has 10 heteroatoms. The first-order valence-electron chi connectivity index (χ1n) is 12.4. The number of ether oxygens (including phenoxy) is 2. The van der Waals surface area contributed by atoms with E-state index in [-0.39, 0.29) is 12.4 Å². The molecule has 2 N–H and O–H groups in total. The van der Waals surface area contributed by atoms with Crippen LogP contribution in [-0.4, -0.2) is 58.9 Å². The van der Waals surface area contributed by atoms with Crippen LogP contribution in [0.15, 0.2) is 72.8 Å². The van der Waals surface area contributed by atoms with Crippen LogP contribution in [0, 0.1) is 11.8 Å². The average Bonchev–Trinajstić information content (AvgIpc) is 3.42. The number of nitrogens with zero attached hydrogens (tertiary/aromatic N) is 3. The standard InChI is InChI=1S/C30H25N5O4S/c1-35-24-16-21(9-8-19-10-13-22(14-11-19)30(37)38-2)12-15-25(24)39-18-23(29(35)40)31-28(36)27-32-26(33-34-27)17-20-6-4-3-5-7-20/h3-7,10-16,23H,17-18H2,1-2H3,(H,31,36)(H,32,33,34)/t23-/m0/s1. The number of hydrogen-bond donors (Lipinski definition) is 2. The number of hydrogen-bond acceptors (Lipinski definition) is 7. The Bertz CT molecular complexity index is 1620. The third-order valence-corrected chi connectivity index (χ3v) is 6.82. The number of benzene rings is 3. The van der Waals surface area contributed by atoms with E-state index >= 15 is 0 Å². The van der Waals surface area contributed by atoms with Gasteiger partial charge in [-0.25, -0.2) is 9.78 Å². The zero-order valence-electron chi connectivity index (χ0n) is 21.8. The van der Waals surface area contributed by atoms with E-state index in [1.54, 1.807) is 29.2 Å². The van der Waals surface area contributed by atoms with Crippen molar-refractivity contribution in [2.45, 2.75) is 12.5 Å². The maximum Gasteiger partial charge on any atom is 0.337 e. The minimum absolute atomic E-state index is 0.0373. The number of esters is 1. The van der Waals surface area contributed by atoms with Gasteiger partial charge < -0.3 is 19.7 Å². The van der Waals surface area contributed by atoms with E-state index in [0.717, 1.165) is 22.4 Å². The smallest absolute Gasteiger partial charge is 0.337 e. The van der Waals surface area contributed by atoms with Gasteiger partial charge in [-0.1, -0.05) is 54.4 Å². The van der Waals surface area contributed by atoms with Gasteiger partial charge in [-0.05, 0) is 48.0 Å². The lowest BCUT2D eigenvalue weighted by Gasteiger charge is -2.23. The molecule has 0 saturated carbocycles. The highest BCUT2D eigenvalue weighted by Crippen LogP contribution is 2.32. The second-order valence-corrected chi connectivity index (χ2v) is 9.42. The molecule has 9 nitrogen and oxygen atoms in total. The molecule has 40 heavy (non-hydrogen) atoms. The summed E-state index contributed by atoms with van der Waals surface area (Å²) in [5, 5.41) is 9.80. The number of anilines is 1. The minimum atomic E-state index is -0.571. The fourth-order valence-corrected chi connectivity index (χ4v) is 4.34. The number of carbonyl (C=O) groups excluding carboxylic acids is 2. The maximum absolute atomic E-state index is 12.9. The lowest BCUT2D eigenvalue weighted by atomic mass is 10.1. The Kier molecular flexibility index (Phi) is 7.84. The van der Waals surface area contributed by atoms with Gasteiger partial charge in [0, 0.05) is 24.6 Å². The number of aromatic amines is 1. The van der Waals surface area contributed by atoms with E-state index in [1.165, 1.54) is 7.11 Å². The molecular weight excluding hydrogens is 526 g/mol. The van der Waals surface area contributed by atoms with Crippen molar-refractivity contribution in [1.82, 2.24) is 20.5 Å². The second-order valence-electron chi connectivity index (χ2n) is 9.00. The number of fused-ring (bicyclic) bond motifs is 1. The SMILES string of the molecule is COC(=O)c1ccc(C#Cc2ccc3c(c2)N(C)C(=S)[C@@H](NC(=O)c2n[nH]c(Cc4ccccc4)n2)CO3)cc1. The monoisotopic (exact) mass is 551 g/mol. The molecular formula is C30H25N5O4S. The molecule has 5 rings (SSSR count). The fraction of sp³-hybridized carbons (Fsp3) is 0.167. The lowest BCUT2D eigenvalue weighted by molar-refractivity contribution is 0.0600. The van der Waals surface area contributed by atoms with Crippen LogP contribution in [0.25, 0.3) is 0 Å². The van der Waals surface area contributed by atoms with Gasteiger partial charge in [0.15, 0.2) is 0 Å². The topological polar surface area (TPSA) is 109 Å². The molecule has 0 aliphatic carbocycles. The highest BCUT2D eigenvalue weighted by atomic mass is 32.1. The zero-order chi connectivity index (χ0) is 28.1. The van der Waals surface area contributed by atoms with Crippen molar-refractivity contribution < 1.29 is 19.1 Å². The molecule has 1 aromatic heterocycles. The van der Waals surface area contributed by atoms with E-state index < -0.39 is 17.9 Å². The molecule has 200 valence electrons. The van der Waals surface area contributed by atoms with Crippen LogP contribution in [0.3, 0.4) is 0 Å². The first kappa shape index (κ1) is 26.6. The van der Waals surface area contributed by atoms with Crippen molar-refractivity contribution in [3.05, 3.63) is 107 Å². The van der Waals surface area contributed by atoms with Crippen molar-refractivity contribution in [3.8, 4) is 17.6 Å². The van der Waals surface area contributed by atoms with Crippen LogP contribution in [0.5, 0.6) is 5.75 Å². The van der Waals surface area contributed by atoms with Gasteiger partial charge in [0.2, 0.25) is 5.82 Å². The first-order chi connectivity index (χ1) is 19.4. The quantitative estimate of drug-likeness (QED) is 0.220. The van der Waals surface area contributed by atoms with Gasteiger partial charge in [0.25, 0.3) is 5.91 Å². The van der Waals surface area contributed by atoms with Gasteiger partial charge in [0.05, 0.1) is 18.4 Å². The number of rotatable bonds is 5. The maximum atomic E-state index is 12.9. The van der Waals surface area contributed by atoms with E-state index in [0.29, 0.717) is 28.5 Å². The summed E-state index contributed by atoms with van der Waals surface area (Å²) in [6, 6.07) is 21.7. The number of aromatic nitrogens is 3. The molecule has 0 radical (unpaired) electrons. The molecule has 1 aliphatic rings. The predicted molar refractivity (Wildman–Crippen MR) is 154 cm³/mol. The van der Waals surface area contributed by atoms with Crippen LogP contribution in [0.1, 0.15) is 43.5 Å². The molecule has 4 aromatic rings. The number of carbonyl (C=O) groups is 2. The van der Waals surface area contributed by atoms with Gasteiger partial charge in [0.1, 0.15) is 29.2 Å². The summed E-state index contributed by atoms with van der Waals surface area (Å²) in [4.78, 5) is 31.2. The summed E-state index contributed by atoms with van der Waals surface area (Å²) in [5.74, 6) is 6.64.